The van der Waals surface area contributed by atoms with Gasteiger partial charge in [-0.05, 0) is 12.1 Å². The summed E-state index contributed by atoms with van der Waals surface area (Å²) in [5.74, 6) is 2.19. The van der Waals surface area contributed by atoms with Crippen LogP contribution < -0.4 is 10.6 Å². The van der Waals surface area contributed by atoms with Crippen molar-refractivity contribution < 1.29 is 8.83 Å². The van der Waals surface area contributed by atoms with Gasteiger partial charge < -0.3 is 19.5 Å². The van der Waals surface area contributed by atoms with Crippen molar-refractivity contribution in [1.29, 1.82) is 0 Å². The average Bonchev–Trinajstić information content (AvgIpc) is 3.36. The number of hydrogen-bond acceptors (Lipinski definition) is 12. The fourth-order valence-corrected chi connectivity index (χ4v) is 2.80. The maximum atomic E-state index is 5.72. The number of rotatable bonds is 6. The zero-order valence-electron chi connectivity index (χ0n) is 15.0. The maximum absolute atomic E-state index is 5.72. The van der Waals surface area contributed by atoms with Gasteiger partial charge in [-0.25, -0.2) is 0 Å². The summed E-state index contributed by atoms with van der Waals surface area (Å²) in [4.78, 5) is 14.2. The number of nitrogen functional groups attached to an aromatic ring is 1. The molecule has 28 heavy (non-hydrogen) atoms. The normalized spacial score (nSPS) is 10.9. The Balaban J connectivity index is 1.46. The molecule has 0 fully saturated rings. The van der Waals surface area contributed by atoms with Gasteiger partial charge in [0.15, 0.2) is 0 Å². The quantitative estimate of drug-likeness (QED) is 0.474. The van der Waals surface area contributed by atoms with Crippen LogP contribution in [0.4, 0.5) is 11.9 Å². The molecule has 0 spiro atoms. The molecule has 0 aliphatic heterocycles. The van der Waals surface area contributed by atoms with Crippen molar-refractivity contribution >= 4 is 23.7 Å². The van der Waals surface area contributed by atoms with E-state index >= 15 is 0 Å². The highest BCUT2D eigenvalue weighted by Gasteiger charge is 2.17. The number of thioether (sulfide) groups is 1. The first-order valence-electron chi connectivity index (χ1n) is 8.12. The third-order valence-electron chi connectivity index (χ3n) is 3.45. The van der Waals surface area contributed by atoms with E-state index in [9.17, 15) is 0 Å². The molecule has 0 bridgehead atoms. The van der Waals surface area contributed by atoms with E-state index in [1.165, 1.54) is 11.8 Å². The Morgan fingerprint density at radius 2 is 1.61 bits per heavy atom. The fourth-order valence-electron chi connectivity index (χ4n) is 2.18. The van der Waals surface area contributed by atoms with Crippen molar-refractivity contribution in [2.24, 2.45) is 0 Å². The standard InChI is InChI=1S/C16H15N9O2S/c1-25(2)15-19-10(18-14(17)20-15)8-28-16-24-23-13(27-16)12-22-21-11(26-12)9-6-4-3-5-7-9/h3-7H,8H2,1-2H3,(H2,17,18,19,20). The molecule has 1 aromatic carbocycles. The second-order valence-electron chi connectivity index (χ2n) is 5.74. The molecule has 0 unspecified atom stereocenters. The van der Waals surface area contributed by atoms with Gasteiger partial charge in [-0.1, -0.05) is 30.0 Å². The predicted molar refractivity (Wildman–Crippen MR) is 101 cm³/mol. The molecule has 12 heteroatoms. The molecule has 4 rings (SSSR count). The first-order valence-corrected chi connectivity index (χ1v) is 9.10. The molecule has 0 radical (unpaired) electrons. The minimum absolute atomic E-state index is 0.140. The summed E-state index contributed by atoms with van der Waals surface area (Å²) >= 11 is 1.26. The van der Waals surface area contributed by atoms with Crippen LogP contribution in [-0.4, -0.2) is 49.4 Å². The van der Waals surface area contributed by atoms with Gasteiger partial charge in [0, 0.05) is 19.7 Å². The third kappa shape index (κ3) is 3.91. The summed E-state index contributed by atoms with van der Waals surface area (Å²) in [7, 11) is 3.65. The second-order valence-corrected chi connectivity index (χ2v) is 6.67. The van der Waals surface area contributed by atoms with Gasteiger partial charge >= 0.3 is 11.8 Å². The summed E-state index contributed by atoms with van der Waals surface area (Å²) in [5.41, 5.74) is 6.52. The van der Waals surface area contributed by atoms with E-state index in [4.69, 9.17) is 14.6 Å². The Morgan fingerprint density at radius 1 is 0.893 bits per heavy atom. The predicted octanol–water partition coefficient (Wildman–Crippen LogP) is 1.91. The third-order valence-corrected chi connectivity index (χ3v) is 4.26. The largest absolute Gasteiger partial charge is 0.412 e. The van der Waals surface area contributed by atoms with Gasteiger partial charge in [0.25, 0.3) is 5.22 Å². The number of benzene rings is 1. The van der Waals surface area contributed by atoms with Crippen LogP contribution in [0.25, 0.3) is 23.2 Å². The monoisotopic (exact) mass is 397 g/mol. The highest BCUT2D eigenvalue weighted by molar-refractivity contribution is 7.98. The van der Waals surface area contributed by atoms with Crippen molar-refractivity contribution in [3.8, 4) is 23.2 Å². The molecule has 0 saturated carbocycles. The molecular weight excluding hydrogens is 382 g/mol. The number of hydrogen-bond donors (Lipinski definition) is 1. The fraction of sp³-hybridized carbons (Fsp3) is 0.188. The van der Waals surface area contributed by atoms with Crippen LogP contribution in [0.2, 0.25) is 0 Å². The van der Waals surface area contributed by atoms with Crippen LogP contribution in [0, 0.1) is 0 Å². The van der Waals surface area contributed by atoms with Crippen LogP contribution >= 0.6 is 11.8 Å². The molecule has 0 atom stereocenters. The smallest absolute Gasteiger partial charge is 0.306 e. The van der Waals surface area contributed by atoms with Gasteiger partial charge in [0.1, 0.15) is 5.82 Å². The number of aromatic nitrogens is 7. The molecule has 0 aliphatic carbocycles. The van der Waals surface area contributed by atoms with Crippen LogP contribution in [0.5, 0.6) is 0 Å². The zero-order valence-corrected chi connectivity index (χ0v) is 15.8. The van der Waals surface area contributed by atoms with Crippen LogP contribution in [-0.2, 0) is 5.75 Å². The summed E-state index contributed by atoms with van der Waals surface area (Å²) < 4.78 is 11.2. The topological polar surface area (TPSA) is 146 Å². The van der Waals surface area contributed by atoms with Crippen molar-refractivity contribution in [3.05, 3.63) is 36.2 Å². The second kappa shape index (κ2) is 7.60. The Bertz CT molecular complexity index is 1080. The van der Waals surface area contributed by atoms with Gasteiger partial charge in [0.2, 0.25) is 17.8 Å². The number of nitrogens with zero attached hydrogens (tertiary/aromatic N) is 8. The zero-order chi connectivity index (χ0) is 19.5. The van der Waals surface area contributed by atoms with Gasteiger partial charge in [-0.2, -0.15) is 15.0 Å². The first-order chi connectivity index (χ1) is 13.6. The van der Waals surface area contributed by atoms with Crippen LogP contribution in [0.15, 0.2) is 44.4 Å². The molecule has 2 N–H and O–H groups in total. The van der Waals surface area contributed by atoms with E-state index in [0.717, 1.165) is 5.56 Å². The Kier molecular flexibility index (Phi) is 4.85. The van der Waals surface area contributed by atoms with Crippen LogP contribution in [0.3, 0.4) is 0 Å². The highest BCUT2D eigenvalue weighted by Crippen LogP contribution is 2.26. The minimum Gasteiger partial charge on any atom is -0.412 e. The first kappa shape index (κ1) is 17.9. The molecule has 0 saturated heterocycles. The summed E-state index contributed by atoms with van der Waals surface area (Å²) in [6.07, 6.45) is 0. The van der Waals surface area contributed by atoms with Crippen molar-refractivity contribution in [2.75, 3.05) is 24.7 Å². The van der Waals surface area contributed by atoms with Crippen molar-refractivity contribution in [3.63, 3.8) is 0 Å². The van der Waals surface area contributed by atoms with E-state index in [1.807, 2.05) is 44.4 Å². The maximum Gasteiger partial charge on any atom is 0.306 e. The van der Waals surface area contributed by atoms with Gasteiger partial charge in [-0.15, -0.1) is 20.4 Å². The summed E-state index contributed by atoms with van der Waals surface area (Å²) in [6.45, 7) is 0. The highest BCUT2D eigenvalue weighted by atomic mass is 32.2. The van der Waals surface area contributed by atoms with Gasteiger partial charge in [0.05, 0.1) is 5.75 Å². The van der Waals surface area contributed by atoms with Crippen molar-refractivity contribution in [1.82, 2.24) is 35.3 Å². The Hall–Kier alpha value is -3.54. The van der Waals surface area contributed by atoms with E-state index in [2.05, 4.69) is 35.3 Å². The lowest BCUT2D eigenvalue weighted by molar-refractivity contribution is 0.445. The van der Waals surface area contributed by atoms with E-state index in [1.54, 1.807) is 4.90 Å². The van der Waals surface area contributed by atoms with Crippen molar-refractivity contribution in [2.45, 2.75) is 11.0 Å². The van der Waals surface area contributed by atoms with Crippen LogP contribution in [0.1, 0.15) is 5.82 Å². The summed E-state index contributed by atoms with van der Waals surface area (Å²) in [5, 5.41) is 16.2. The average molecular weight is 397 g/mol. The number of anilines is 2. The molecule has 3 aromatic heterocycles. The molecule has 4 aromatic rings. The lowest BCUT2D eigenvalue weighted by atomic mass is 10.2. The lowest BCUT2D eigenvalue weighted by Crippen LogP contribution is -2.15. The summed E-state index contributed by atoms with van der Waals surface area (Å²) in [6, 6.07) is 9.42. The van der Waals surface area contributed by atoms with E-state index < -0.39 is 0 Å². The molecule has 0 amide bonds. The molecule has 142 valence electrons. The molecular formula is C16H15N9O2S. The molecule has 0 aliphatic rings. The van der Waals surface area contributed by atoms with E-state index in [-0.39, 0.29) is 17.7 Å². The lowest BCUT2D eigenvalue weighted by Gasteiger charge is -2.10. The van der Waals surface area contributed by atoms with Gasteiger partial charge in [-0.3, -0.25) is 0 Å². The number of nitrogens with two attached hydrogens (primary N) is 1. The SMILES string of the molecule is CN(C)c1nc(N)nc(CSc2nnc(-c3nnc(-c4ccccc4)o3)o2)n1. The Morgan fingerprint density at radius 3 is 2.39 bits per heavy atom. The Labute approximate surface area is 163 Å². The van der Waals surface area contributed by atoms with E-state index in [0.29, 0.717) is 28.6 Å². The molecule has 11 nitrogen and oxygen atoms in total. The minimum atomic E-state index is 0.140. The molecule has 3 heterocycles.